The maximum absolute atomic E-state index is 13.4. The normalized spacial score (nSPS) is 10.5. The summed E-state index contributed by atoms with van der Waals surface area (Å²) in [6, 6.07) is 17.7. The topological polar surface area (TPSA) is 81.4 Å². The molecule has 0 amide bonds. The predicted molar refractivity (Wildman–Crippen MR) is 127 cm³/mol. The minimum Gasteiger partial charge on any atom is -0.481 e. The zero-order valence-corrected chi connectivity index (χ0v) is 18.3. The second kappa shape index (κ2) is 9.41. The highest BCUT2D eigenvalue weighted by molar-refractivity contribution is 5.87. The Morgan fingerprint density at radius 2 is 1.85 bits per heavy atom. The summed E-state index contributed by atoms with van der Waals surface area (Å²) in [5.41, 5.74) is 3.97. The first-order valence-corrected chi connectivity index (χ1v) is 10.4. The van der Waals surface area contributed by atoms with Crippen molar-refractivity contribution in [1.29, 1.82) is 0 Å². The minimum absolute atomic E-state index is 0.0686. The van der Waals surface area contributed by atoms with Crippen molar-refractivity contribution in [2.45, 2.75) is 12.8 Å². The Morgan fingerprint density at radius 3 is 2.58 bits per heavy atom. The van der Waals surface area contributed by atoms with Crippen LogP contribution in [0.1, 0.15) is 32.7 Å². The van der Waals surface area contributed by atoms with Crippen LogP contribution in [0.4, 0.5) is 0 Å². The molecule has 33 heavy (non-hydrogen) atoms. The number of ether oxygens (including phenoxy) is 1. The monoisotopic (exact) mass is 438 g/mol. The van der Waals surface area contributed by atoms with Gasteiger partial charge in [-0.15, -0.1) is 0 Å². The van der Waals surface area contributed by atoms with E-state index in [1.165, 1.54) is 0 Å². The third-order valence-electron chi connectivity index (χ3n) is 5.49. The molecule has 6 nitrogen and oxygen atoms in total. The number of aromatic nitrogens is 2. The SMILES string of the molecule is COc1cc(CC#Cc2c(Cc3ccc(C(=O)O)cc3)c(=O)c3ccccc3n2C)ccn1. The van der Waals surface area contributed by atoms with E-state index in [1.54, 1.807) is 37.6 Å². The van der Waals surface area contributed by atoms with Gasteiger partial charge in [-0.3, -0.25) is 4.79 Å². The van der Waals surface area contributed by atoms with Gasteiger partial charge in [0.2, 0.25) is 5.88 Å². The van der Waals surface area contributed by atoms with Gasteiger partial charge in [0.15, 0.2) is 5.43 Å². The standard InChI is InChI=1S/C27H22N2O4/c1-29-23-8-4-3-7-21(23)26(30)22(16-19-10-12-20(13-11-19)27(31)32)24(29)9-5-6-18-14-15-28-25(17-18)33-2/h3-4,7-8,10-15,17H,6,16H2,1-2H3,(H,31,32). The van der Waals surface area contributed by atoms with Gasteiger partial charge in [-0.1, -0.05) is 30.2 Å². The number of methoxy groups -OCH3 is 1. The lowest BCUT2D eigenvalue weighted by Gasteiger charge is -2.14. The number of pyridine rings is 2. The average molecular weight is 438 g/mol. The van der Waals surface area contributed by atoms with E-state index < -0.39 is 5.97 Å². The number of nitrogens with zero attached hydrogens (tertiary/aromatic N) is 2. The molecule has 6 heteroatoms. The molecule has 2 aromatic heterocycles. The van der Waals surface area contributed by atoms with E-state index in [0.717, 1.165) is 16.6 Å². The number of hydrogen-bond donors (Lipinski definition) is 1. The van der Waals surface area contributed by atoms with Crippen LogP contribution < -0.4 is 10.2 Å². The lowest BCUT2D eigenvalue weighted by Crippen LogP contribution is -2.18. The molecule has 0 fully saturated rings. The van der Waals surface area contributed by atoms with Crippen LogP contribution in [0.5, 0.6) is 5.88 Å². The molecule has 0 atom stereocenters. The summed E-state index contributed by atoms with van der Waals surface area (Å²) in [6.07, 6.45) is 2.50. The van der Waals surface area contributed by atoms with E-state index in [9.17, 15) is 9.59 Å². The molecule has 0 unspecified atom stereocenters. The number of fused-ring (bicyclic) bond motifs is 1. The first-order valence-electron chi connectivity index (χ1n) is 10.4. The van der Waals surface area contributed by atoms with Crippen molar-refractivity contribution in [3.05, 3.63) is 105 Å². The molecule has 4 rings (SSSR count). The van der Waals surface area contributed by atoms with Crippen molar-refractivity contribution in [2.75, 3.05) is 7.11 Å². The molecule has 0 spiro atoms. The van der Waals surface area contributed by atoms with Gasteiger partial charge in [0, 0.05) is 43.1 Å². The maximum Gasteiger partial charge on any atom is 0.335 e. The van der Waals surface area contributed by atoms with Crippen LogP contribution in [0.3, 0.4) is 0 Å². The zero-order chi connectivity index (χ0) is 23.4. The molecular formula is C27H22N2O4. The molecule has 164 valence electrons. The van der Waals surface area contributed by atoms with Crippen molar-refractivity contribution in [3.8, 4) is 17.7 Å². The van der Waals surface area contributed by atoms with Crippen molar-refractivity contribution in [3.63, 3.8) is 0 Å². The highest BCUT2D eigenvalue weighted by Gasteiger charge is 2.15. The Kier molecular flexibility index (Phi) is 6.23. The number of benzene rings is 2. The number of carbonyl (C=O) groups is 1. The largest absolute Gasteiger partial charge is 0.481 e. The van der Waals surface area contributed by atoms with E-state index in [4.69, 9.17) is 9.84 Å². The van der Waals surface area contributed by atoms with Crippen LogP contribution in [0.2, 0.25) is 0 Å². The molecule has 0 saturated carbocycles. The number of aryl methyl sites for hydroxylation is 1. The van der Waals surface area contributed by atoms with E-state index >= 15 is 0 Å². The van der Waals surface area contributed by atoms with Crippen LogP contribution in [0.15, 0.2) is 71.7 Å². The number of hydrogen-bond acceptors (Lipinski definition) is 4. The molecule has 0 radical (unpaired) electrons. The molecule has 2 heterocycles. The lowest BCUT2D eigenvalue weighted by atomic mass is 9.99. The highest BCUT2D eigenvalue weighted by atomic mass is 16.5. The minimum atomic E-state index is -0.984. The van der Waals surface area contributed by atoms with Gasteiger partial charge in [-0.2, -0.15) is 0 Å². The fraction of sp³-hybridized carbons (Fsp3) is 0.148. The summed E-state index contributed by atoms with van der Waals surface area (Å²) < 4.78 is 7.11. The van der Waals surface area contributed by atoms with Crippen molar-refractivity contribution in [2.24, 2.45) is 7.05 Å². The number of carboxylic acid groups (broad SMARTS) is 1. The maximum atomic E-state index is 13.4. The van der Waals surface area contributed by atoms with Gasteiger partial charge in [-0.25, -0.2) is 9.78 Å². The van der Waals surface area contributed by atoms with Crippen molar-refractivity contribution < 1.29 is 14.6 Å². The fourth-order valence-corrected chi connectivity index (χ4v) is 3.75. The van der Waals surface area contributed by atoms with Crippen molar-refractivity contribution in [1.82, 2.24) is 9.55 Å². The summed E-state index contributed by atoms with van der Waals surface area (Å²) in [6.45, 7) is 0. The van der Waals surface area contributed by atoms with Gasteiger partial charge in [-0.05, 0) is 47.4 Å². The van der Waals surface area contributed by atoms with Gasteiger partial charge in [0.1, 0.15) is 0 Å². The van der Waals surface area contributed by atoms with E-state index in [2.05, 4.69) is 16.8 Å². The molecule has 0 aliphatic carbocycles. The van der Waals surface area contributed by atoms with Crippen molar-refractivity contribution >= 4 is 16.9 Å². The molecule has 0 saturated heterocycles. The van der Waals surface area contributed by atoms with Gasteiger partial charge >= 0.3 is 5.97 Å². The van der Waals surface area contributed by atoms with Gasteiger partial charge in [0.25, 0.3) is 0 Å². The molecule has 1 N–H and O–H groups in total. The first kappa shape index (κ1) is 21.8. The second-order valence-corrected chi connectivity index (χ2v) is 7.60. The van der Waals surface area contributed by atoms with Crippen LogP contribution in [0, 0.1) is 11.8 Å². The second-order valence-electron chi connectivity index (χ2n) is 7.60. The summed E-state index contributed by atoms with van der Waals surface area (Å²) in [4.78, 5) is 28.7. The Balaban J connectivity index is 1.78. The highest BCUT2D eigenvalue weighted by Crippen LogP contribution is 2.18. The third-order valence-corrected chi connectivity index (χ3v) is 5.49. The predicted octanol–water partition coefficient (Wildman–Crippen LogP) is 3.83. The Hall–Kier alpha value is -4.37. The average Bonchev–Trinajstić information content (AvgIpc) is 2.84. The Labute approximate surface area is 191 Å². The van der Waals surface area contributed by atoms with E-state index in [-0.39, 0.29) is 11.0 Å². The molecular weight excluding hydrogens is 416 g/mol. The first-order chi connectivity index (χ1) is 16.0. The number of para-hydroxylation sites is 1. The fourth-order valence-electron chi connectivity index (χ4n) is 3.75. The summed E-state index contributed by atoms with van der Waals surface area (Å²) in [7, 11) is 3.47. The quantitative estimate of drug-likeness (QED) is 0.479. The molecule has 0 aliphatic heterocycles. The molecule has 4 aromatic rings. The van der Waals surface area contributed by atoms with E-state index in [1.807, 2.05) is 48.0 Å². The lowest BCUT2D eigenvalue weighted by molar-refractivity contribution is 0.0697. The van der Waals surface area contributed by atoms with Crippen LogP contribution in [0.25, 0.3) is 10.9 Å². The van der Waals surface area contributed by atoms with Gasteiger partial charge in [0.05, 0.1) is 23.9 Å². The molecule has 0 aliphatic rings. The molecule has 0 bridgehead atoms. The van der Waals surface area contributed by atoms with Crippen LogP contribution in [-0.4, -0.2) is 27.7 Å². The Morgan fingerprint density at radius 1 is 1.09 bits per heavy atom. The zero-order valence-electron chi connectivity index (χ0n) is 18.3. The third kappa shape index (κ3) is 4.63. The molecule has 2 aromatic carbocycles. The number of aromatic carboxylic acids is 1. The summed E-state index contributed by atoms with van der Waals surface area (Å²) >= 11 is 0. The number of carboxylic acids is 1. The Bertz CT molecular complexity index is 1460. The van der Waals surface area contributed by atoms with Crippen LogP contribution in [-0.2, 0) is 19.9 Å². The van der Waals surface area contributed by atoms with Gasteiger partial charge < -0.3 is 14.4 Å². The number of rotatable bonds is 5. The summed E-state index contributed by atoms with van der Waals surface area (Å²) in [5, 5.41) is 9.78. The summed E-state index contributed by atoms with van der Waals surface area (Å²) in [5.74, 6) is 5.93. The van der Waals surface area contributed by atoms with E-state index in [0.29, 0.717) is 35.4 Å². The van der Waals surface area contributed by atoms with Crippen LogP contribution >= 0.6 is 0 Å². The smallest absolute Gasteiger partial charge is 0.335 e.